The van der Waals surface area contributed by atoms with Gasteiger partial charge in [0.1, 0.15) is 0 Å². The molecular formula is C20H15Br. The lowest BCUT2D eigenvalue weighted by Crippen LogP contribution is -2.00. The fraction of sp³-hybridized carbons (Fsp3) is 0.100. The summed E-state index contributed by atoms with van der Waals surface area (Å²) in [6.45, 7) is 2.20. The van der Waals surface area contributed by atoms with E-state index < -0.39 is 0 Å². The summed E-state index contributed by atoms with van der Waals surface area (Å²) in [7, 11) is 0. The lowest BCUT2D eigenvalue weighted by Gasteiger charge is -2.17. The van der Waals surface area contributed by atoms with Crippen LogP contribution in [0.15, 0.2) is 65.1 Å². The molecule has 3 aromatic rings. The van der Waals surface area contributed by atoms with Crippen molar-refractivity contribution in [1.29, 1.82) is 0 Å². The van der Waals surface area contributed by atoms with E-state index in [9.17, 15) is 0 Å². The molecule has 0 heterocycles. The fourth-order valence-electron chi connectivity index (χ4n) is 3.37. The highest BCUT2D eigenvalue weighted by Crippen LogP contribution is 2.42. The van der Waals surface area contributed by atoms with Gasteiger partial charge in [-0.2, -0.15) is 0 Å². The van der Waals surface area contributed by atoms with E-state index in [0.717, 1.165) is 0 Å². The minimum atomic E-state index is 0.351. The van der Waals surface area contributed by atoms with Gasteiger partial charge >= 0.3 is 0 Å². The number of benzene rings is 3. The average Bonchev–Trinajstić information content (AvgIpc) is 2.96. The van der Waals surface area contributed by atoms with Gasteiger partial charge in [-0.05, 0) is 46.0 Å². The van der Waals surface area contributed by atoms with E-state index in [2.05, 4.69) is 89.6 Å². The second-order valence-electron chi connectivity index (χ2n) is 5.60. The van der Waals surface area contributed by atoms with Gasteiger partial charge in [0.05, 0.1) is 0 Å². The van der Waals surface area contributed by atoms with E-state index in [0.29, 0.717) is 5.92 Å². The lowest BCUT2D eigenvalue weighted by atomic mass is 9.87. The topological polar surface area (TPSA) is 0 Å². The van der Waals surface area contributed by atoms with Crippen molar-refractivity contribution in [3.8, 4) is 0 Å². The molecule has 0 bridgehead atoms. The quantitative estimate of drug-likeness (QED) is 0.506. The third kappa shape index (κ3) is 1.96. The number of hydrogen-bond acceptors (Lipinski definition) is 0. The van der Waals surface area contributed by atoms with Crippen LogP contribution in [-0.2, 0) is 0 Å². The molecule has 0 aromatic heterocycles. The van der Waals surface area contributed by atoms with Crippen molar-refractivity contribution in [1.82, 2.24) is 0 Å². The van der Waals surface area contributed by atoms with Gasteiger partial charge in [0, 0.05) is 10.4 Å². The highest BCUT2D eigenvalue weighted by atomic mass is 79.9. The smallest absolute Gasteiger partial charge is 0.0287 e. The normalized spacial score (nSPS) is 16.4. The lowest BCUT2D eigenvalue weighted by molar-refractivity contribution is 1.04. The molecular weight excluding hydrogens is 320 g/mol. The summed E-state index contributed by atoms with van der Waals surface area (Å²) in [4.78, 5) is 0. The van der Waals surface area contributed by atoms with Crippen LogP contribution in [0.5, 0.6) is 0 Å². The molecule has 0 saturated heterocycles. The van der Waals surface area contributed by atoms with Crippen LogP contribution < -0.4 is 0 Å². The minimum absolute atomic E-state index is 0.351. The second kappa shape index (κ2) is 4.85. The number of aryl methyl sites for hydroxylation is 1. The van der Waals surface area contributed by atoms with Crippen LogP contribution >= 0.6 is 15.9 Å². The van der Waals surface area contributed by atoms with Crippen LogP contribution in [0.2, 0.25) is 0 Å². The van der Waals surface area contributed by atoms with Gasteiger partial charge in [-0.3, -0.25) is 0 Å². The zero-order valence-electron chi connectivity index (χ0n) is 11.8. The van der Waals surface area contributed by atoms with Gasteiger partial charge < -0.3 is 0 Å². The first-order valence-corrected chi connectivity index (χ1v) is 8.00. The Morgan fingerprint density at radius 3 is 2.62 bits per heavy atom. The molecule has 0 nitrogen and oxygen atoms in total. The summed E-state index contributed by atoms with van der Waals surface area (Å²) in [5, 5.41) is 2.66. The summed E-state index contributed by atoms with van der Waals surface area (Å²) < 4.78 is 1.18. The monoisotopic (exact) mass is 334 g/mol. The van der Waals surface area contributed by atoms with E-state index in [-0.39, 0.29) is 0 Å². The molecule has 4 rings (SSSR count). The molecule has 3 aromatic carbocycles. The Morgan fingerprint density at radius 2 is 1.71 bits per heavy atom. The van der Waals surface area contributed by atoms with Crippen molar-refractivity contribution in [3.05, 3.63) is 87.4 Å². The third-order valence-electron chi connectivity index (χ3n) is 4.38. The van der Waals surface area contributed by atoms with Crippen LogP contribution in [0.4, 0.5) is 0 Å². The van der Waals surface area contributed by atoms with E-state index in [1.165, 1.54) is 37.5 Å². The second-order valence-corrected chi connectivity index (χ2v) is 6.45. The molecule has 0 saturated carbocycles. The zero-order valence-corrected chi connectivity index (χ0v) is 13.4. The SMILES string of the molecule is Cc1ccc(Br)c2c1C(c1cccc3ccccc13)C=C2. The molecule has 102 valence electrons. The Morgan fingerprint density at radius 1 is 0.905 bits per heavy atom. The van der Waals surface area contributed by atoms with E-state index >= 15 is 0 Å². The van der Waals surface area contributed by atoms with Crippen molar-refractivity contribution < 1.29 is 0 Å². The molecule has 0 amide bonds. The highest BCUT2D eigenvalue weighted by Gasteiger charge is 2.23. The third-order valence-corrected chi connectivity index (χ3v) is 5.07. The number of rotatable bonds is 1. The maximum absolute atomic E-state index is 3.68. The maximum Gasteiger partial charge on any atom is 0.0287 e. The molecule has 1 aliphatic carbocycles. The van der Waals surface area contributed by atoms with Crippen molar-refractivity contribution in [2.24, 2.45) is 0 Å². The Hall–Kier alpha value is -1.86. The van der Waals surface area contributed by atoms with Crippen molar-refractivity contribution in [3.63, 3.8) is 0 Å². The molecule has 21 heavy (non-hydrogen) atoms. The Balaban J connectivity index is 1.98. The van der Waals surface area contributed by atoms with Gasteiger partial charge in [-0.25, -0.2) is 0 Å². The number of hydrogen-bond donors (Lipinski definition) is 0. The summed E-state index contributed by atoms with van der Waals surface area (Å²) in [5.74, 6) is 0.351. The number of fused-ring (bicyclic) bond motifs is 2. The van der Waals surface area contributed by atoms with Gasteiger partial charge in [-0.1, -0.05) is 76.6 Å². The van der Waals surface area contributed by atoms with Crippen LogP contribution in [0.25, 0.3) is 16.8 Å². The Bertz CT molecular complexity index is 869. The standard InChI is InChI=1S/C20H15Br/c1-13-9-12-19(21)18-11-10-17(20(13)18)16-8-4-6-14-5-2-3-7-15(14)16/h2-12,17H,1H3. The first kappa shape index (κ1) is 12.8. The molecule has 1 atom stereocenters. The molecule has 0 spiro atoms. The Kier molecular flexibility index (Phi) is 2.97. The van der Waals surface area contributed by atoms with Crippen LogP contribution in [-0.4, -0.2) is 0 Å². The van der Waals surface area contributed by atoms with E-state index in [4.69, 9.17) is 0 Å². The largest absolute Gasteiger partial charge is 0.0719 e. The summed E-state index contributed by atoms with van der Waals surface area (Å²) in [6.07, 6.45) is 4.57. The van der Waals surface area contributed by atoms with Gasteiger partial charge in [0.25, 0.3) is 0 Å². The average molecular weight is 335 g/mol. The van der Waals surface area contributed by atoms with E-state index in [1.807, 2.05) is 0 Å². The summed E-state index contributed by atoms with van der Waals surface area (Å²) in [5.41, 5.74) is 5.51. The number of halogens is 1. The molecule has 1 aliphatic rings. The van der Waals surface area contributed by atoms with Crippen LogP contribution in [0.1, 0.15) is 28.2 Å². The predicted octanol–water partition coefficient (Wildman–Crippen LogP) is 6.07. The van der Waals surface area contributed by atoms with Crippen molar-refractivity contribution in [2.45, 2.75) is 12.8 Å². The highest BCUT2D eigenvalue weighted by molar-refractivity contribution is 9.10. The molecule has 0 aliphatic heterocycles. The molecule has 1 heteroatoms. The van der Waals surface area contributed by atoms with Crippen LogP contribution in [0.3, 0.4) is 0 Å². The van der Waals surface area contributed by atoms with Crippen molar-refractivity contribution >= 4 is 32.8 Å². The Labute approximate surface area is 133 Å². The van der Waals surface area contributed by atoms with Gasteiger partial charge in [0.2, 0.25) is 0 Å². The fourth-order valence-corrected chi connectivity index (χ4v) is 3.85. The molecule has 0 fully saturated rings. The predicted molar refractivity (Wildman–Crippen MR) is 93.7 cm³/mol. The summed E-state index contributed by atoms with van der Waals surface area (Å²) in [6, 6.07) is 19.6. The summed E-state index contributed by atoms with van der Waals surface area (Å²) >= 11 is 3.68. The first-order valence-electron chi connectivity index (χ1n) is 7.20. The zero-order chi connectivity index (χ0) is 14.4. The van der Waals surface area contributed by atoms with Gasteiger partial charge in [0.15, 0.2) is 0 Å². The van der Waals surface area contributed by atoms with Gasteiger partial charge in [-0.15, -0.1) is 0 Å². The molecule has 0 N–H and O–H groups in total. The van der Waals surface area contributed by atoms with Crippen molar-refractivity contribution in [2.75, 3.05) is 0 Å². The number of allylic oxidation sites excluding steroid dienone is 1. The molecule has 0 radical (unpaired) electrons. The maximum atomic E-state index is 3.68. The molecule has 1 unspecified atom stereocenters. The van der Waals surface area contributed by atoms with E-state index in [1.54, 1.807) is 0 Å². The van der Waals surface area contributed by atoms with Crippen LogP contribution in [0, 0.1) is 6.92 Å². The first-order chi connectivity index (χ1) is 10.3. The minimum Gasteiger partial charge on any atom is -0.0719 e.